The Morgan fingerprint density at radius 3 is 2.16 bits per heavy atom. The summed E-state index contributed by atoms with van der Waals surface area (Å²) in [5, 5.41) is 2.60. The van der Waals surface area contributed by atoms with Crippen LogP contribution >= 0.6 is 34.8 Å². The smallest absolute Gasteiger partial charge is 0.244 e. The third-order valence-electron chi connectivity index (χ3n) is 4.62. The van der Waals surface area contributed by atoms with E-state index in [0.29, 0.717) is 5.56 Å². The minimum Gasteiger partial charge on any atom is -0.357 e. The normalized spacial score (nSPS) is 12.2. The molecule has 2 aromatic carbocycles. The molecule has 1 N–H and O–H groups in total. The van der Waals surface area contributed by atoms with E-state index in [1.54, 1.807) is 0 Å². The second kappa shape index (κ2) is 10.7. The molecule has 0 spiro atoms. The van der Waals surface area contributed by atoms with Gasteiger partial charge in [0.05, 0.1) is 27.0 Å². The number of benzene rings is 2. The molecule has 0 aliphatic rings. The standard InChI is InChI=1S/C20H21Cl3FN3O4S/c1-12(20(29)25-2)26(10-13-4-6-14(24)7-5-13)19(28)11-27(32(3,30)31)18-9-16(22)15(21)8-17(18)23/h4-9,12H,10-11H2,1-3H3,(H,25,29)/t12-/m1/s1. The minimum absolute atomic E-state index is 0.0259. The van der Waals surface area contributed by atoms with Crippen molar-refractivity contribution in [2.45, 2.75) is 19.5 Å². The first kappa shape index (κ1) is 26.2. The van der Waals surface area contributed by atoms with Crippen LogP contribution in [0.1, 0.15) is 12.5 Å². The second-order valence-electron chi connectivity index (χ2n) is 6.93. The molecule has 2 rings (SSSR count). The van der Waals surface area contributed by atoms with E-state index in [9.17, 15) is 22.4 Å². The van der Waals surface area contributed by atoms with Crippen molar-refractivity contribution in [2.24, 2.45) is 0 Å². The average Bonchev–Trinajstić information content (AvgIpc) is 2.72. The quantitative estimate of drug-likeness (QED) is 0.533. The lowest BCUT2D eigenvalue weighted by Crippen LogP contribution is -2.50. The molecule has 0 fully saturated rings. The highest BCUT2D eigenvalue weighted by molar-refractivity contribution is 7.92. The Morgan fingerprint density at radius 2 is 1.62 bits per heavy atom. The zero-order chi connectivity index (χ0) is 24.2. The molecule has 7 nitrogen and oxygen atoms in total. The number of nitrogens with zero attached hydrogens (tertiary/aromatic N) is 2. The van der Waals surface area contributed by atoms with Crippen molar-refractivity contribution < 1.29 is 22.4 Å². The van der Waals surface area contributed by atoms with Gasteiger partial charge in [-0.1, -0.05) is 46.9 Å². The number of nitrogens with one attached hydrogen (secondary N) is 1. The van der Waals surface area contributed by atoms with Gasteiger partial charge < -0.3 is 10.2 Å². The Morgan fingerprint density at radius 1 is 1.06 bits per heavy atom. The van der Waals surface area contributed by atoms with Gasteiger partial charge in [0, 0.05) is 13.6 Å². The largest absolute Gasteiger partial charge is 0.357 e. The molecule has 0 aromatic heterocycles. The minimum atomic E-state index is -3.98. The predicted molar refractivity (Wildman–Crippen MR) is 124 cm³/mol. The van der Waals surface area contributed by atoms with Gasteiger partial charge in [0.1, 0.15) is 18.4 Å². The fourth-order valence-corrected chi connectivity index (χ4v) is 4.42. The maximum absolute atomic E-state index is 13.3. The summed E-state index contributed by atoms with van der Waals surface area (Å²) in [6.07, 6.45) is 0.908. The van der Waals surface area contributed by atoms with Crippen molar-refractivity contribution in [3.63, 3.8) is 0 Å². The molecule has 0 saturated heterocycles. The molecule has 174 valence electrons. The van der Waals surface area contributed by atoms with Gasteiger partial charge in [0.15, 0.2) is 0 Å². The molecule has 1 atom stereocenters. The number of likely N-dealkylation sites (N-methyl/N-ethyl adjacent to an activating group) is 1. The van der Waals surface area contributed by atoms with Crippen molar-refractivity contribution in [3.05, 3.63) is 62.8 Å². The lowest BCUT2D eigenvalue weighted by atomic mass is 10.1. The monoisotopic (exact) mass is 523 g/mol. The lowest BCUT2D eigenvalue weighted by Gasteiger charge is -2.31. The van der Waals surface area contributed by atoms with Crippen molar-refractivity contribution >= 4 is 62.3 Å². The molecule has 0 aliphatic heterocycles. The van der Waals surface area contributed by atoms with Gasteiger partial charge >= 0.3 is 0 Å². The summed E-state index contributed by atoms with van der Waals surface area (Å²) < 4.78 is 39.0. The van der Waals surface area contributed by atoms with Gasteiger partial charge in [0.25, 0.3) is 0 Å². The van der Waals surface area contributed by atoms with Crippen LogP contribution < -0.4 is 9.62 Å². The molecule has 0 radical (unpaired) electrons. The zero-order valence-electron chi connectivity index (χ0n) is 17.4. The molecule has 0 heterocycles. The maximum atomic E-state index is 13.3. The van der Waals surface area contributed by atoms with E-state index < -0.39 is 40.2 Å². The van der Waals surface area contributed by atoms with Gasteiger partial charge in [-0.3, -0.25) is 13.9 Å². The summed E-state index contributed by atoms with van der Waals surface area (Å²) in [5.41, 5.74) is 0.514. The van der Waals surface area contributed by atoms with E-state index in [4.69, 9.17) is 34.8 Å². The van der Waals surface area contributed by atoms with Crippen LogP contribution in [0.25, 0.3) is 0 Å². The Labute approximate surface area is 201 Å². The van der Waals surface area contributed by atoms with Crippen molar-refractivity contribution in [3.8, 4) is 0 Å². The van der Waals surface area contributed by atoms with Gasteiger partial charge in [-0.15, -0.1) is 0 Å². The van der Waals surface area contributed by atoms with Crippen LogP contribution in [0.3, 0.4) is 0 Å². The third-order valence-corrected chi connectivity index (χ3v) is 6.77. The van der Waals surface area contributed by atoms with Gasteiger partial charge in [0.2, 0.25) is 21.8 Å². The molecule has 0 aliphatic carbocycles. The van der Waals surface area contributed by atoms with Gasteiger partial charge in [-0.25, -0.2) is 12.8 Å². The first-order valence-electron chi connectivity index (χ1n) is 9.23. The Hall–Kier alpha value is -2.07. The van der Waals surface area contributed by atoms with E-state index >= 15 is 0 Å². The van der Waals surface area contributed by atoms with Crippen molar-refractivity contribution in [1.82, 2.24) is 10.2 Å². The highest BCUT2D eigenvalue weighted by Gasteiger charge is 2.30. The second-order valence-corrected chi connectivity index (χ2v) is 10.1. The maximum Gasteiger partial charge on any atom is 0.244 e. The van der Waals surface area contributed by atoms with Gasteiger partial charge in [-0.05, 0) is 36.8 Å². The number of rotatable bonds is 8. The van der Waals surface area contributed by atoms with Crippen LogP contribution in [0, 0.1) is 5.82 Å². The number of hydrogen-bond donors (Lipinski definition) is 1. The fourth-order valence-electron chi connectivity index (χ4n) is 2.88. The summed E-state index contributed by atoms with van der Waals surface area (Å²) in [7, 11) is -2.56. The van der Waals surface area contributed by atoms with Crippen LogP contribution in [0.5, 0.6) is 0 Å². The summed E-state index contributed by atoms with van der Waals surface area (Å²) in [4.78, 5) is 26.7. The summed E-state index contributed by atoms with van der Waals surface area (Å²) >= 11 is 18.1. The molecule has 2 aromatic rings. The molecule has 12 heteroatoms. The Kier molecular flexibility index (Phi) is 8.75. The third kappa shape index (κ3) is 6.48. The van der Waals surface area contributed by atoms with Gasteiger partial charge in [-0.2, -0.15) is 0 Å². The Balaban J connectivity index is 2.44. The van der Waals surface area contributed by atoms with E-state index in [2.05, 4.69) is 5.32 Å². The van der Waals surface area contributed by atoms with E-state index in [1.165, 1.54) is 55.3 Å². The number of amides is 2. The van der Waals surface area contributed by atoms with Crippen molar-refractivity contribution in [1.29, 1.82) is 0 Å². The van der Waals surface area contributed by atoms with E-state index in [-0.39, 0.29) is 27.3 Å². The van der Waals surface area contributed by atoms with Crippen LogP contribution in [0.15, 0.2) is 36.4 Å². The van der Waals surface area contributed by atoms with Crippen LogP contribution in [-0.4, -0.2) is 51.0 Å². The molecule has 32 heavy (non-hydrogen) atoms. The topological polar surface area (TPSA) is 86.8 Å². The summed E-state index contributed by atoms with van der Waals surface area (Å²) in [6.45, 7) is 0.788. The molecule has 0 unspecified atom stereocenters. The average molecular weight is 525 g/mol. The number of carbonyl (C=O) groups excluding carboxylic acids is 2. The number of carbonyl (C=O) groups is 2. The zero-order valence-corrected chi connectivity index (χ0v) is 20.5. The van der Waals surface area contributed by atoms with Crippen LogP contribution in [0.2, 0.25) is 15.1 Å². The molecule has 2 amide bonds. The number of sulfonamides is 1. The summed E-state index contributed by atoms with van der Waals surface area (Å²) in [5.74, 6) is -1.60. The SMILES string of the molecule is CNC(=O)[C@@H](C)N(Cc1ccc(F)cc1)C(=O)CN(c1cc(Cl)c(Cl)cc1Cl)S(C)(=O)=O. The Bertz CT molecular complexity index is 1110. The highest BCUT2D eigenvalue weighted by atomic mass is 35.5. The van der Waals surface area contributed by atoms with E-state index in [1.807, 2.05) is 0 Å². The fraction of sp³-hybridized carbons (Fsp3) is 0.300. The lowest BCUT2D eigenvalue weighted by molar-refractivity contribution is -0.139. The van der Waals surface area contributed by atoms with E-state index in [0.717, 1.165) is 10.6 Å². The van der Waals surface area contributed by atoms with Crippen molar-refractivity contribution in [2.75, 3.05) is 24.2 Å². The molecular weight excluding hydrogens is 504 g/mol. The number of anilines is 1. The number of hydrogen-bond acceptors (Lipinski definition) is 4. The summed E-state index contributed by atoms with van der Waals surface area (Å²) in [6, 6.07) is 6.96. The van der Waals surface area contributed by atoms with Crippen LogP contribution in [0.4, 0.5) is 10.1 Å². The molecule has 0 bridgehead atoms. The predicted octanol–water partition coefficient (Wildman–Crippen LogP) is 3.72. The molecular formula is C20H21Cl3FN3O4S. The molecule has 0 saturated carbocycles. The first-order chi connectivity index (χ1) is 14.8. The highest BCUT2D eigenvalue weighted by Crippen LogP contribution is 2.35. The number of halogens is 4. The van der Waals surface area contributed by atoms with Crippen LogP contribution in [-0.2, 0) is 26.2 Å². The first-order valence-corrected chi connectivity index (χ1v) is 12.2.